The molecule has 0 aliphatic heterocycles. The maximum absolute atomic E-state index is 6.22. The number of rotatable bonds is 10. The molecule has 0 atom stereocenters. The molecule has 0 fully saturated rings. The fourth-order valence-electron chi connectivity index (χ4n) is 2.93. The van der Waals surface area contributed by atoms with Crippen molar-refractivity contribution in [3.05, 3.63) is 71.8 Å². The van der Waals surface area contributed by atoms with E-state index in [9.17, 15) is 0 Å². The first-order chi connectivity index (χ1) is 11.9. The van der Waals surface area contributed by atoms with E-state index in [-0.39, 0.29) is 0 Å². The fraction of sp³-hybridized carbons (Fsp3) is 0.400. The second kappa shape index (κ2) is 9.45. The SMILES string of the molecule is C[Si](C)(N[Si](C)(C)OCCc1ccccc1)OCCc1ccccc1. The van der Waals surface area contributed by atoms with E-state index in [4.69, 9.17) is 8.85 Å². The highest BCUT2D eigenvalue weighted by Crippen LogP contribution is 2.11. The van der Waals surface area contributed by atoms with E-state index in [2.05, 4.69) is 79.4 Å². The lowest BCUT2D eigenvalue weighted by molar-refractivity contribution is 0.287. The summed E-state index contributed by atoms with van der Waals surface area (Å²) < 4.78 is 16.2. The van der Waals surface area contributed by atoms with E-state index in [1.165, 1.54) is 11.1 Å². The summed E-state index contributed by atoms with van der Waals surface area (Å²) in [6.07, 6.45) is 1.91. The van der Waals surface area contributed by atoms with Crippen molar-refractivity contribution in [1.82, 2.24) is 4.65 Å². The zero-order chi connectivity index (χ0) is 18.2. The zero-order valence-corrected chi connectivity index (χ0v) is 17.9. The van der Waals surface area contributed by atoms with Gasteiger partial charge in [0.1, 0.15) is 0 Å². The molecule has 0 amide bonds. The first-order valence-electron chi connectivity index (χ1n) is 9.01. The summed E-state index contributed by atoms with van der Waals surface area (Å²) >= 11 is 0. The predicted octanol–water partition coefficient (Wildman–Crippen LogP) is 4.50. The van der Waals surface area contributed by atoms with Gasteiger partial charge in [-0.25, -0.2) is 0 Å². The summed E-state index contributed by atoms with van der Waals surface area (Å²) in [5.41, 5.74) is 2.64. The van der Waals surface area contributed by atoms with E-state index in [0.29, 0.717) is 0 Å². The molecule has 0 aromatic heterocycles. The van der Waals surface area contributed by atoms with Gasteiger partial charge in [0.2, 0.25) is 0 Å². The van der Waals surface area contributed by atoms with Crippen LogP contribution in [0.15, 0.2) is 60.7 Å². The van der Waals surface area contributed by atoms with Crippen LogP contribution in [0, 0.1) is 0 Å². The third kappa shape index (κ3) is 8.11. The molecule has 1 N–H and O–H groups in total. The molecule has 25 heavy (non-hydrogen) atoms. The van der Waals surface area contributed by atoms with E-state index in [1.807, 2.05) is 12.1 Å². The lowest BCUT2D eigenvalue weighted by atomic mass is 10.2. The van der Waals surface area contributed by atoms with Crippen molar-refractivity contribution in [3.8, 4) is 0 Å². The fourth-order valence-corrected chi connectivity index (χ4v) is 10.5. The molecular formula is C20H31NO2Si2. The van der Waals surface area contributed by atoms with Crippen molar-refractivity contribution < 1.29 is 8.85 Å². The van der Waals surface area contributed by atoms with Gasteiger partial charge in [-0.05, 0) is 50.2 Å². The maximum Gasteiger partial charge on any atom is 0.257 e. The molecule has 2 aromatic carbocycles. The van der Waals surface area contributed by atoms with Crippen LogP contribution >= 0.6 is 0 Å². The van der Waals surface area contributed by atoms with Gasteiger partial charge < -0.3 is 13.5 Å². The molecule has 136 valence electrons. The molecule has 3 nitrogen and oxygen atoms in total. The van der Waals surface area contributed by atoms with Gasteiger partial charge in [0, 0.05) is 13.2 Å². The van der Waals surface area contributed by atoms with Crippen LogP contribution in [-0.2, 0) is 21.7 Å². The summed E-state index contributed by atoms with van der Waals surface area (Å²) in [5.74, 6) is 0. The van der Waals surface area contributed by atoms with Crippen molar-refractivity contribution >= 4 is 17.0 Å². The number of nitrogens with one attached hydrogen (secondary N) is 1. The summed E-state index contributed by atoms with van der Waals surface area (Å²) in [6.45, 7) is 10.4. The van der Waals surface area contributed by atoms with Crippen LogP contribution in [0.2, 0.25) is 26.2 Å². The van der Waals surface area contributed by atoms with Crippen LogP contribution in [0.25, 0.3) is 0 Å². The average Bonchev–Trinajstić information content (AvgIpc) is 2.55. The Labute approximate surface area is 154 Å². The first-order valence-corrected chi connectivity index (χ1v) is 14.8. The minimum Gasteiger partial charge on any atom is -0.404 e. The van der Waals surface area contributed by atoms with Gasteiger partial charge >= 0.3 is 0 Å². The molecule has 0 heterocycles. The molecule has 0 aliphatic rings. The van der Waals surface area contributed by atoms with Gasteiger partial charge in [-0.1, -0.05) is 60.7 Å². The number of hydrogen-bond donors (Lipinski definition) is 1. The zero-order valence-electron chi connectivity index (χ0n) is 15.9. The Morgan fingerprint density at radius 3 is 1.36 bits per heavy atom. The molecule has 0 aliphatic carbocycles. The minimum absolute atomic E-state index is 0.755. The van der Waals surface area contributed by atoms with Crippen molar-refractivity contribution in [2.75, 3.05) is 13.2 Å². The molecule has 0 radical (unpaired) electrons. The minimum atomic E-state index is -1.94. The predicted molar refractivity (Wildman–Crippen MR) is 110 cm³/mol. The first kappa shape index (κ1) is 20.1. The van der Waals surface area contributed by atoms with Crippen molar-refractivity contribution in [2.24, 2.45) is 0 Å². The van der Waals surface area contributed by atoms with Gasteiger partial charge in [0.25, 0.3) is 17.0 Å². The van der Waals surface area contributed by atoms with Crippen molar-refractivity contribution in [1.29, 1.82) is 0 Å². The van der Waals surface area contributed by atoms with E-state index in [1.54, 1.807) is 0 Å². The standard InChI is InChI=1S/C20H31NO2Si2/c1-24(2,22-17-15-19-11-7-5-8-12-19)21-25(3,4)23-18-16-20-13-9-6-10-14-20/h5-14,21H,15-18H2,1-4H3. The molecule has 0 spiro atoms. The molecule has 2 aromatic rings. The highest BCUT2D eigenvalue weighted by molar-refractivity contribution is 6.85. The number of hydrogen-bond acceptors (Lipinski definition) is 3. The monoisotopic (exact) mass is 373 g/mol. The molecule has 0 saturated heterocycles. The molecule has 0 saturated carbocycles. The average molecular weight is 374 g/mol. The number of benzene rings is 2. The molecule has 0 bridgehead atoms. The van der Waals surface area contributed by atoms with Crippen LogP contribution in [0.1, 0.15) is 11.1 Å². The smallest absolute Gasteiger partial charge is 0.257 e. The van der Waals surface area contributed by atoms with Gasteiger partial charge in [-0.15, -0.1) is 0 Å². The van der Waals surface area contributed by atoms with Crippen LogP contribution in [-0.4, -0.2) is 30.2 Å². The largest absolute Gasteiger partial charge is 0.404 e. The Morgan fingerprint density at radius 2 is 1.00 bits per heavy atom. The van der Waals surface area contributed by atoms with E-state index in [0.717, 1.165) is 26.1 Å². The Bertz CT molecular complexity index is 563. The Morgan fingerprint density at radius 1 is 0.640 bits per heavy atom. The third-order valence-electron chi connectivity index (χ3n) is 3.99. The Kier molecular flexibility index (Phi) is 7.59. The summed E-state index contributed by atoms with van der Waals surface area (Å²) in [7, 11) is -3.87. The lowest BCUT2D eigenvalue weighted by Gasteiger charge is -2.33. The topological polar surface area (TPSA) is 30.5 Å². The van der Waals surface area contributed by atoms with Crippen molar-refractivity contribution in [2.45, 2.75) is 39.0 Å². The van der Waals surface area contributed by atoms with Gasteiger partial charge in [0.05, 0.1) is 0 Å². The van der Waals surface area contributed by atoms with Crippen LogP contribution in [0.3, 0.4) is 0 Å². The van der Waals surface area contributed by atoms with E-state index < -0.39 is 17.0 Å². The Balaban J connectivity index is 1.73. The lowest BCUT2D eigenvalue weighted by Crippen LogP contribution is -2.62. The van der Waals surface area contributed by atoms with Crippen LogP contribution in [0.5, 0.6) is 0 Å². The van der Waals surface area contributed by atoms with E-state index >= 15 is 0 Å². The Hall–Kier alpha value is -1.25. The third-order valence-corrected chi connectivity index (χ3v) is 10.7. The molecule has 2 rings (SSSR count). The molecular weight excluding hydrogens is 342 g/mol. The summed E-state index contributed by atoms with van der Waals surface area (Å²) in [6, 6.07) is 21.0. The second-order valence-electron chi connectivity index (χ2n) is 7.31. The van der Waals surface area contributed by atoms with Crippen LogP contribution in [0.4, 0.5) is 0 Å². The maximum atomic E-state index is 6.22. The van der Waals surface area contributed by atoms with Gasteiger partial charge in [-0.3, -0.25) is 0 Å². The normalized spacial score (nSPS) is 12.3. The summed E-state index contributed by atoms with van der Waals surface area (Å²) in [4.78, 5) is 0. The van der Waals surface area contributed by atoms with Gasteiger partial charge in [-0.2, -0.15) is 0 Å². The van der Waals surface area contributed by atoms with Crippen molar-refractivity contribution in [3.63, 3.8) is 0 Å². The molecule has 0 unspecified atom stereocenters. The quantitative estimate of drug-likeness (QED) is 0.622. The highest BCUT2D eigenvalue weighted by atomic mass is 28.4. The highest BCUT2D eigenvalue weighted by Gasteiger charge is 2.34. The van der Waals surface area contributed by atoms with Crippen LogP contribution < -0.4 is 4.65 Å². The second-order valence-corrected chi connectivity index (χ2v) is 14.9. The molecule has 5 heteroatoms. The van der Waals surface area contributed by atoms with Gasteiger partial charge in [0.15, 0.2) is 0 Å². The summed E-state index contributed by atoms with van der Waals surface area (Å²) in [5, 5.41) is 0.